The van der Waals surface area contributed by atoms with Gasteiger partial charge in [-0.2, -0.15) is 0 Å². The molecule has 0 aliphatic carbocycles. The van der Waals surface area contributed by atoms with Crippen molar-refractivity contribution in [1.82, 2.24) is 4.90 Å². The minimum atomic E-state index is -4.05. The highest BCUT2D eigenvalue weighted by molar-refractivity contribution is 7.98. The molecule has 10 heteroatoms. The second kappa shape index (κ2) is 10.7. The smallest absolute Gasteiger partial charge is 0.262 e. The van der Waals surface area contributed by atoms with Crippen molar-refractivity contribution < 1.29 is 22.7 Å². The minimum Gasteiger partial charge on any atom is -0.455 e. The Kier molecular flexibility index (Phi) is 7.67. The molecule has 1 saturated heterocycles. The van der Waals surface area contributed by atoms with Gasteiger partial charge in [-0.15, -0.1) is 11.8 Å². The molecule has 0 atom stereocenters. The maximum atomic E-state index is 13.3. The molecule has 3 aromatic carbocycles. The first kappa shape index (κ1) is 24.4. The third-order valence-corrected chi connectivity index (χ3v) is 7.56. The van der Waals surface area contributed by atoms with E-state index in [1.54, 1.807) is 35.2 Å². The van der Waals surface area contributed by atoms with Crippen LogP contribution in [0.4, 0.5) is 5.69 Å². The Morgan fingerprint density at radius 1 is 1.06 bits per heavy atom. The van der Waals surface area contributed by atoms with Crippen molar-refractivity contribution in [3.63, 3.8) is 0 Å². The molecule has 0 saturated carbocycles. The van der Waals surface area contributed by atoms with Crippen LogP contribution >= 0.6 is 23.4 Å². The Hall–Kier alpha value is -2.72. The summed E-state index contributed by atoms with van der Waals surface area (Å²) in [5.74, 6) is 0.623. The number of sulfonamides is 1. The van der Waals surface area contributed by atoms with Crippen LogP contribution in [0, 0.1) is 0 Å². The number of carbonyl (C=O) groups excluding carboxylic acids is 1. The fourth-order valence-electron chi connectivity index (χ4n) is 3.45. The number of rotatable bonds is 7. The number of hydrogen-bond donors (Lipinski definition) is 1. The summed E-state index contributed by atoms with van der Waals surface area (Å²) in [7, 11) is -4.05. The van der Waals surface area contributed by atoms with Crippen LogP contribution < -0.4 is 9.46 Å². The number of morpholine rings is 1. The van der Waals surface area contributed by atoms with Gasteiger partial charge in [0.15, 0.2) is 5.75 Å². The predicted molar refractivity (Wildman–Crippen MR) is 134 cm³/mol. The van der Waals surface area contributed by atoms with E-state index in [9.17, 15) is 13.2 Å². The number of anilines is 1. The molecule has 178 valence electrons. The van der Waals surface area contributed by atoms with Crippen LogP contribution in [0.3, 0.4) is 0 Å². The average Bonchev–Trinajstić information content (AvgIpc) is 2.86. The number of para-hydroxylation sites is 1. The maximum absolute atomic E-state index is 13.3. The first-order chi connectivity index (χ1) is 16.4. The second-order valence-corrected chi connectivity index (χ2v) is 10.4. The van der Waals surface area contributed by atoms with Crippen molar-refractivity contribution >= 4 is 45.0 Å². The van der Waals surface area contributed by atoms with E-state index in [1.165, 1.54) is 30.0 Å². The molecule has 1 fully saturated rings. The zero-order valence-electron chi connectivity index (χ0n) is 18.4. The van der Waals surface area contributed by atoms with Gasteiger partial charge in [-0.05, 0) is 54.8 Å². The SMILES string of the molecule is CSc1ccc(S(=O)(=O)Nc2cc(Cl)ccc2Oc2ccccc2)cc1C(=O)N1CCOCC1. The van der Waals surface area contributed by atoms with Crippen molar-refractivity contribution in [2.24, 2.45) is 0 Å². The van der Waals surface area contributed by atoms with Gasteiger partial charge in [0.05, 0.1) is 29.4 Å². The summed E-state index contributed by atoms with van der Waals surface area (Å²) < 4.78 is 40.4. The van der Waals surface area contributed by atoms with Gasteiger partial charge in [0.1, 0.15) is 5.75 Å². The summed E-state index contributed by atoms with van der Waals surface area (Å²) in [6.07, 6.45) is 1.84. The maximum Gasteiger partial charge on any atom is 0.262 e. The van der Waals surface area contributed by atoms with Crippen molar-refractivity contribution in [3.8, 4) is 11.5 Å². The van der Waals surface area contributed by atoms with Gasteiger partial charge in [-0.3, -0.25) is 9.52 Å². The van der Waals surface area contributed by atoms with Gasteiger partial charge in [0, 0.05) is 23.0 Å². The predicted octanol–water partition coefficient (Wildman–Crippen LogP) is 5.13. The van der Waals surface area contributed by atoms with E-state index in [-0.39, 0.29) is 16.5 Å². The largest absolute Gasteiger partial charge is 0.455 e. The lowest BCUT2D eigenvalue weighted by Crippen LogP contribution is -2.41. The van der Waals surface area contributed by atoms with Gasteiger partial charge in [-0.1, -0.05) is 29.8 Å². The lowest BCUT2D eigenvalue weighted by molar-refractivity contribution is 0.0300. The second-order valence-electron chi connectivity index (χ2n) is 7.43. The Morgan fingerprint density at radius 3 is 2.50 bits per heavy atom. The molecule has 0 spiro atoms. The van der Waals surface area contributed by atoms with Gasteiger partial charge in [0.2, 0.25) is 0 Å². The monoisotopic (exact) mass is 518 g/mol. The van der Waals surface area contributed by atoms with Gasteiger partial charge in [-0.25, -0.2) is 8.42 Å². The Balaban J connectivity index is 1.65. The number of halogens is 1. The summed E-state index contributed by atoms with van der Waals surface area (Å²) in [5, 5.41) is 0.346. The van der Waals surface area contributed by atoms with Crippen LogP contribution in [-0.2, 0) is 14.8 Å². The normalized spacial score (nSPS) is 14.0. The molecule has 1 N–H and O–H groups in total. The standard InChI is InChI=1S/C24H23ClN2O5S2/c1-33-23-10-8-19(16-20(23)24(28)27-11-13-31-14-12-27)34(29,30)26-21-15-17(25)7-9-22(21)32-18-5-3-2-4-6-18/h2-10,15-16,26H,11-14H2,1H3. The number of benzene rings is 3. The Morgan fingerprint density at radius 2 is 1.79 bits per heavy atom. The Labute approximate surface area is 208 Å². The summed E-state index contributed by atoms with van der Waals surface area (Å²) in [5.41, 5.74) is 0.524. The summed E-state index contributed by atoms with van der Waals surface area (Å²) in [6, 6.07) is 18.2. The summed E-state index contributed by atoms with van der Waals surface area (Å²) in [6.45, 7) is 1.84. The zero-order valence-corrected chi connectivity index (χ0v) is 20.8. The third-order valence-electron chi connectivity index (χ3n) is 5.17. The minimum absolute atomic E-state index is 0.0347. The molecule has 1 aliphatic heterocycles. The lowest BCUT2D eigenvalue weighted by atomic mass is 10.2. The van der Waals surface area contributed by atoms with Crippen LogP contribution in [0.15, 0.2) is 76.5 Å². The van der Waals surface area contributed by atoms with E-state index in [4.69, 9.17) is 21.1 Å². The third kappa shape index (κ3) is 5.67. The molecule has 0 radical (unpaired) electrons. The molecule has 1 aliphatic rings. The fourth-order valence-corrected chi connectivity index (χ4v) is 5.28. The fraction of sp³-hybridized carbons (Fsp3) is 0.208. The molecule has 0 bridgehead atoms. The van der Waals surface area contributed by atoms with Crippen LogP contribution in [0.2, 0.25) is 5.02 Å². The number of nitrogens with zero attached hydrogens (tertiary/aromatic N) is 1. The van der Waals surface area contributed by atoms with Crippen molar-refractivity contribution in [1.29, 1.82) is 0 Å². The van der Waals surface area contributed by atoms with Gasteiger partial charge >= 0.3 is 0 Å². The molecule has 4 rings (SSSR count). The lowest BCUT2D eigenvalue weighted by Gasteiger charge is -2.27. The highest BCUT2D eigenvalue weighted by Gasteiger charge is 2.25. The Bertz CT molecular complexity index is 1280. The molecular weight excluding hydrogens is 496 g/mol. The first-order valence-corrected chi connectivity index (χ1v) is 13.6. The van der Waals surface area contributed by atoms with E-state index < -0.39 is 10.0 Å². The van der Waals surface area contributed by atoms with E-state index >= 15 is 0 Å². The van der Waals surface area contributed by atoms with E-state index in [1.807, 2.05) is 24.5 Å². The van der Waals surface area contributed by atoms with Gasteiger partial charge in [0.25, 0.3) is 15.9 Å². The highest BCUT2D eigenvalue weighted by atomic mass is 35.5. The number of amides is 1. The molecule has 0 unspecified atom stereocenters. The molecule has 7 nitrogen and oxygen atoms in total. The highest BCUT2D eigenvalue weighted by Crippen LogP contribution is 2.34. The van der Waals surface area contributed by atoms with Crippen LogP contribution in [0.5, 0.6) is 11.5 Å². The average molecular weight is 519 g/mol. The first-order valence-electron chi connectivity index (χ1n) is 10.5. The zero-order chi connectivity index (χ0) is 24.1. The van der Waals surface area contributed by atoms with Crippen molar-refractivity contribution in [2.45, 2.75) is 9.79 Å². The van der Waals surface area contributed by atoms with Crippen molar-refractivity contribution in [2.75, 3.05) is 37.3 Å². The molecule has 0 aromatic heterocycles. The number of hydrogen-bond acceptors (Lipinski definition) is 6. The molecule has 34 heavy (non-hydrogen) atoms. The van der Waals surface area contributed by atoms with E-state index in [0.29, 0.717) is 53.3 Å². The van der Waals surface area contributed by atoms with Crippen LogP contribution in [-0.4, -0.2) is 51.8 Å². The molecule has 1 heterocycles. The number of nitrogens with one attached hydrogen (secondary N) is 1. The van der Waals surface area contributed by atoms with E-state index in [0.717, 1.165) is 0 Å². The summed E-state index contributed by atoms with van der Waals surface area (Å²) in [4.78, 5) is 15.5. The van der Waals surface area contributed by atoms with Crippen LogP contribution in [0.1, 0.15) is 10.4 Å². The molecule has 3 aromatic rings. The topological polar surface area (TPSA) is 84.9 Å². The van der Waals surface area contributed by atoms with Crippen molar-refractivity contribution in [3.05, 3.63) is 77.3 Å². The molecule has 1 amide bonds. The summed E-state index contributed by atoms with van der Waals surface area (Å²) >= 11 is 7.52. The quantitative estimate of drug-likeness (QED) is 0.437. The number of thioether (sulfide) groups is 1. The number of ether oxygens (including phenoxy) is 2. The van der Waals surface area contributed by atoms with Crippen LogP contribution in [0.25, 0.3) is 0 Å². The number of carbonyl (C=O) groups is 1. The van der Waals surface area contributed by atoms with Gasteiger partial charge < -0.3 is 14.4 Å². The molecular formula is C24H23ClN2O5S2. The van der Waals surface area contributed by atoms with E-state index in [2.05, 4.69) is 4.72 Å².